The van der Waals surface area contributed by atoms with Crippen molar-refractivity contribution in [2.24, 2.45) is 11.3 Å². The lowest BCUT2D eigenvalue weighted by atomic mass is 9.82. The summed E-state index contributed by atoms with van der Waals surface area (Å²) in [6, 6.07) is 0. The van der Waals surface area contributed by atoms with Gasteiger partial charge in [-0.25, -0.2) is 0 Å². The first kappa shape index (κ1) is 12.9. The van der Waals surface area contributed by atoms with Crippen LogP contribution in [0, 0.1) is 11.3 Å². The second kappa shape index (κ2) is 5.85. The molecule has 0 atom stereocenters. The largest absolute Gasteiger partial charge is 0.381 e. The Morgan fingerprint density at radius 2 is 1.94 bits per heavy atom. The van der Waals surface area contributed by atoms with Crippen LogP contribution in [0.3, 0.4) is 0 Å². The Bertz CT molecular complexity index is 253. The minimum Gasteiger partial charge on any atom is -0.381 e. The van der Waals surface area contributed by atoms with Crippen molar-refractivity contribution in [3.05, 3.63) is 0 Å². The normalized spacial score (nSPS) is 24.8. The van der Waals surface area contributed by atoms with Gasteiger partial charge in [0.2, 0.25) is 5.91 Å². The number of carbonyl (C=O) groups is 1. The lowest BCUT2D eigenvalue weighted by Crippen LogP contribution is -2.39. The molecule has 3 nitrogen and oxygen atoms in total. The lowest BCUT2D eigenvalue weighted by molar-refractivity contribution is -0.122. The Labute approximate surface area is 104 Å². The molecule has 1 heterocycles. The van der Waals surface area contributed by atoms with Crippen molar-refractivity contribution in [2.75, 3.05) is 19.8 Å². The number of amides is 1. The smallest absolute Gasteiger partial charge is 0.220 e. The van der Waals surface area contributed by atoms with E-state index in [-0.39, 0.29) is 11.3 Å². The van der Waals surface area contributed by atoms with Crippen LogP contribution in [-0.4, -0.2) is 25.7 Å². The minimum absolute atomic E-state index is 0.254. The van der Waals surface area contributed by atoms with Gasteiger partial charge in [-0.05, 0) is 37.0 Å². The molecule has 0 aromatic carbocycles. The molecule has 0 unspecified atom stereocenters. The Morgan fingerprint density at radius 3 is 2.59 bits per heavy atom. The SMILES string of the molecule is CC1(CNC(=O)CC2CCCC2)CCOCC1. The molecule has 2 aliphatic rings. The van der Waals surface area contributed by atoms with E-state index < -0.39 is 0 Å². The summed E-state index contributed by atoms with van der Waals surface area (Å²) in [6.07, 6.45) is 8.00. The third-order valence-corrected chi connectivity index (χ3v) is 4.36. The fourth-order valence-electron chi connectivity index (χ4n) is 2.90. The van der Waals surface area contributed by atoms with Crippen molar-refractivity contribution in [1.29, 1.82) is 0 Å². The van der Waals surface area contributed by atoms with Gasteiger partial charge in [-0.2, -0.15) is 0 Å². The molecular weight excluding hydrogens is 214 g/mol. The number of nitrogens with one attached hydrogen (secondary N) is 1. The van der Waals surface area contributed by atoms with E-state index in [4.69, 9.17) is 4.74 Å². The summed E-state index contributed by atoms with van der Waals surface area (Å²) in [7, 11) is 0. The molecule has 1 aliphatic carbocycles. The molecule has 0 bridgehead atoms. The summed E-state index contributed by atoms with van der Waals surface area (Å²) in [6.45, 7) is 4.76. The summed E-state index contributed by atoms with van der Waals surface area (Å²) in [5, 5.41) is 3.13. The summed E-state index contributed by atoms with van der Waals surface area (Å²) in [5.41, 5.74) is 0.254. The molecule has 1 N–H and O–H groups in total. The molecule has 0 aromatic rings. The maximum absolute atomic E-state index is 11.8. The number of ether oxygens (including phenoxy) is 1. The van der Waals surface area contributed by atoms with E-state index in [1.807, 2.05) is 0 Å². The second-order valence-corrected chi connectivity index (χ2v) is 6.05. The van der Waals surface area contributed by atoms with Gasteiger partial charge in [0.15, 0.2) is 0 Å². The van der Waals surface area contributed by atoms with Crippen molar-refractivity contribution in [3.8, 4) is 0 Å². The minimum atomic E-state index is 0.254. The maximum atomic E-state index is 11.8. The molecule has 1 saturated heterocycles. The summed E-state index contributed by atoms with van der Waals surface area (Å²) in [4.78, 5) is 11.8. The molecule has 3 heteroatoms. The van der Waals surface area contributed by atoms with E-state index in [0.717, 1.165) is 39.0 Å². The second-order valence-electron chi connectivity index (χ2n) is 6.05. The molecule has 0 aromatic heterocycles. The van der Waals surface area contributed by atoms with Crippen LogP contribution >= 0.6 is 0 Å². The summed E-state index contributed by atoms with van der Waals surface area (Å²) >= 11 is 0. The van der Waals surface area contributed by atoms with Crippen molar-refractivity contribution in [1.82, 2.24) is 5.32 Å². The van der Waals surface area contributed by atoms with Gasteiger partial charge in [0.05, 0.1) is 0 Å². The van der Waals surface area contributed by atoms with Gasteiger partial charge in [-0.15, -0.1) is 0 Å². The average molecular weight is 239 g/mol. The standard InChI is InChI=1S/C14H25NO2/c1-14(6-8-17-9-7-14)11-15-13(16)10-12-4-2-3-5-12/h12H,2-11H2,1H3,(H,15,16). The van der Waals surface area contributed by atoms with Gasteiger partial charge in [0.1, 0.15) is 0 Å². The lowest BCUT2D eigenvalue weighted by Gasteiger charge is -2.33. The fraction of sp³-hybridized carbons (Fsp3) is 0.929. The highest BCUT2D eigenvalue weighted by Crippen LogP contribution is 2.29. The molecule has 2 rings (SSSR count). The molecule has 2 fully saturated rings. The number of carbonyl (C=O) groups excluding carboxylic acids is 1. The zero-order valence-electron chi connectivity index (χ0n) is 11.0. The van der Waals surface area contributed by atoms with E-state index in [2.05, 4.69) is 12.2 Å². The first-order valence-corrected chi connectivity index (χ1v) is 7.02. The summed E-state index contributed by atoms with van der Waals surface area (Å²) in [5.74, 6) is 0.905. The van der Waals surface area contributed by atoms with E-state index in [0.29, 0.717) is 5.92 Å². The molecular formula is C14H25NO2. The van der Waals surface area contributed by atoms with Crippen LogP contribution in [0.15, 0.2) is 0 Å². The zero-order chi connectivity index (χ0) is 12.1. The number of rotatable bonds is 4. The van der Waals surface area contributed by atoms with E-state index in [1.165, 1.54) is 25.7 Å². The maximum Gasteiger partial charge on any atom is 0.220 e. The molecule has 17 heavy (non-hydrogen) atoms. The average Bonchev–Trinajstić information content (AvgIpc) is 2.80. The Kier molecular flexibility index (Phi) is 4.43. The van der Waals surface area contributed by atoms with Gasteiger partial charge in [-0.3, -0.25) is 4.79 Å². The van der Waals surface area contributed by atoms with Crippen LogP contribution in [0.2, 0.25) is 0 Å². The van der Waals surface area contributed by atoms with Gasteiger partial charge in [0, 0.05) is 26.2 Å². The number of hydrogen-bond donors (Lipinski definition) is 1. The van der Waals surface area contributed by atoms with Gasteiger partial charge >= 0.3 is 0 Å². The molecule has 98 valence electrons. The van der Waals surface area contributed by atoms with E-state index >= 15 is 0 Å². The predicted molar refractivity (Wildman–Crippen MR) is 67.7 cm³/mol. The number of hydrogen-bond acceptors (Lipinski definition) is 2. The summed E-state index contributed by atoms with van der Waals surface area (Å²) < 4.78 is 5.37. The highest BCUT2D eigenvalue weighted by atomic mass is 16.5. The topological polar surface area (TPSA) is 38.3 Å². The Hall–Kier alpha value is -0.570. The molecule has 1 saturated carbocycles. The van der Waals surface area contributed by atoms with Crippen molar-refractivity contribution in [3.63, 3.8) is 0 Å². The first-order valence-electron chi connectivity index (χ1n) is 7.02. The van der Waals surface area contributed by atoms with Crippen molar-refractivity contribution >= 4 is 5.91 Å². The Morgan fingerprint density at radius 1 is 1.29 bits per heavy atom. The van der Waals surface area contributed by atoms with E-state index in [9.17, 15) is 4.79 Å². The monoisotopic (exact) mass is 239 g/mol. The van der Waals surface area contributed by atoms with Gasteiger partial charge in [-0.1, -0.05) is 19.8 Å². The highest BCUT2D eigenvalue weighted by molar-refractivity contribution is 5.76. The quantitative estimate of drug-likeness (QED) is 0.818. The van der Waals surface area contributed by atoms with Crippen molar-refractivity contribution in [2.45, 2.75) is 51.9 Å². The fourth-order valence-corrected chi connectivity index (χ4v) is 2.90. The molecule has 0 radical (unpaired) electrons. The third kappa shape index (κ3) is 3.98. The Balaban J connectivity index is 1.67. The van der Waals surface area contributed by atoms with Crippen LogP contribution in [0.25, 0.3) is 0 Å². The highest BCUT2D eigenvalue weighted by Gasteiger charge is 2.28. The van der Waals surface area contributed by atoms with Crippen LogP contribution < -0.4 is 5.32 Å². The van der Waals surface area contributed by atoms with Crippen LogP contribution in [0.1, 0.15) is 51.9 Å². The van der Waals surface area contributed by atoms with Crippen LogP contribution in [0.4, 0.5) is 0 Å². The van der Waals surface area contributed by atoms with E-state index in [1.54, 1.807) is 0 Å². The van der Waals surface area contributed by atoms with Crippen LogP contribution in [-0.2, 0) is 9.53 Å². The molecule has 1 amide bonds. The molecule has 1 aliphatic heterocycles. The third-order valence-electron chi connectivity index (χ3n) is 4.36. The first-order chi connectivity index (χ1) is 8.18. The van der Waals surface area contributed by atoms with Crippen LogP contribution in [0.5, 0.6) is 0 Å². The van der Waals surface area contributed by atoms with Gasteiger partial charge < -0.3 is 10.1 Å². The zero-order valence-corrected chi connectivity index (χ0v) is 11.0. The van der Waals surface area contributed by atoms with Gasteiger partial charge in [0.25, 0.3) is 0 Å². The van der Waals surface area contributed by atoms with Crippen molar-refractivity contribution < 1.29 is 9.53 Å². The molecule has 0 spiro atoms. The predicted octanol–water partition coefficient (Wildman–Crippen LogP) is 2.50.